The monoisotopic (exact) mass is 302 g/mol. The van der Waals surface area contributed by atoms with E-state index in [-0.39, 0.29) is 16.7 Å². The first-order valence-electron chi connectivity index (χ1n) is 6.43. The third-order valence-corrected chi connectivity index (χ3v) is 4.17. The van der Waals surface area contributed by atoms with E-state index < -0.39 is 15.9 Å². The fraction of sp³-hybridized carbons (Fsp3) is 0.636. The lowest BCUT2D eigenvalue weighted by atomic mass is 10.2. The number of carbonyl (C=O) groups excluding carboxylic acids is 1. The van der Waals surface area contributed by atoms with Crippen LogP contribution in [0.15, 0.2) is 4.90 Å². The van der Waals surface area contributed by atoms with Crippen LogP contribution in [0, 0.1) is 0 Å². The maximum atomic E-state index is 12.0. The number of nitrogens with zero attached hydrogens (tertiary/aromatic N) is 1. The molecule has 1 aromatic rings. The van der Waals surface area contributed by atoms with Gasteiger partial charge in [0.2, 0.25) is 10.0 Å². The largest absolute Gasteiger partial charge is 0.376 e. The summed E-state index contributed by atoms with van der Waals surface area (Å²) in [6.07, 6.45) is 2.20. The van der Waals surface area contributed by atoms with Crippen molar-refractivity contribution in [3.05, 3.63) is 11.4 Å². The predicted octanol–water partition coefficient (Wildman–Crippen LogP) is -0.472. The Bertz CT molecular complexity index is 590. The maximum Gasteiger partial charge on any atom is 0.273 e. The van der Waals surface area contributed by atoms with Gasteiger partial charge >= 0.3 is 0 Å². The van der Waals surface area contributed by atoms with Crippen LogP contribution < -0.4 is 10.5 Å². The summed E-state index contributed by atoms with van der Waals surface area (Å²) in [5, 5.41) is 14.1. The third-order valence-electron chi connectivity index (χ3n) is 3.16. The van der Waals surface area contributed by atoms with Crippen molar-refractivity contribution in [2.24, 2.45) is 5.14 Å². The zero-order valence-corrected chi connectivity index (χ0v) is 12.0. The molecule has 0 saturated carbocycles. The van der Waals surface area contributed by atoms with Gasteiger partial charge in [0, 0.05) is 13.2 Å². The van der Waals surface area contributed by atoms with Gasteiger partial charge in [-0.3, -0.25) is 9.89 Å². The number of aryl methyl sites for hydroxylation is 1. The number of rotatable bonds is 5. The lowest BCUT2D eigenvalue weighted by molar-refractivity contribution is 0.0851. The number of sulfonamides is 1. The van der Waals surface area contributed by atoms with Gasteiger partial charge in [0.05, 0.1) is 11.8 Å². The van der Waals surface area contributed by atoms with E-state index in [1.165, 1.54) is 0 Å². The van der Waals surface area contributed by atoms with Crippen LogP contribution in [0.1, 0.15) is 35.9 Å². The van der Waals surface area contributed by atoms with Crippen LogP contribution >= 0.6 is 0 Å². The van der Waals surface area contributed by atoms with Crippen LogP contribution in [0.2, 0.25) is 0 Å². The Balaban J connectivity index is 2.15. The highest BCUT2D eigenvalue weighted by molar-refractivity contribution is 7.89. The van der Waals surface area contributed by atoms with Gasteiger partial charge in [0.25, 0.3) is 5.91 Å². The van der Waals surface area contributed by atoms with Gasteiger partial charge in [-0.25, -0.2) is 13.6 Å². The Labute approximate surface area is 117 Å². The predicted molar refractivity (Wildman–Crippen MR) is 70.6 cm³/mol. The molecule has 20 heavy (non-hydrogen) atoms. The van der Waals surface area contributed by atoms with Gasteiger partial charge in [0.1, 0.15) is 4.90 Å². The molecular weight excluding hydrogens is 284 g/mol. The minimum Gasteiger partial charge on any atom is -0.376 e. The molecule has 1 fully saturated rings. The van der Waals surface area contributed by atoms with E-state index in [1.807, 2.05) is 0 Å². The molecule has 0 radical (unpaired) electrons. The number of carbonyl (C=O) groups is 1. The molecule has 112 valence electrons. The summed E-state index contributed by atoms with van der Waals surface area (Å²) in [6, 6.07) is 0. The van der Waals surface area contributed by atoms with Crippen LogP contribution in [0.25, 0.3) is 0 Å². The number of ether oxygens (including phenoxy) is 1. The number of nitrogens with one attached hydrogen (secondary N) is 2. The zero-order valence-electron chi connectivity index (χ0n) is 11.2. The van der Waals surface area contributed by atoms with Gasteiger partial charge in [-0.15, -0.1) is 0 Å². The number of hydrogen-bond acceptors (Lipinski definition) is 5. The number of aromatic amines is 1. The number of hydrogen-bond donors (Lipinski definition) is 3. The summed E-state index contributed by atoms with van der Waals surface area (Å²) in [5.74, 6) is -0.569. The Morgan fingerprint density at radius 1 is 1.60 bits per heavy atom. The quantitative estimate of drug-likeness (QED) is 0.677. The van der Waals surface area contributed by atoms with Crippen molar-refractivity contribution in [1.29, 1.82) is 0 Å². The standard InChI is InChI=1S/C11H18N4O4S/c1-2-8-10(20(12,17)18)9(15-14-8)11(16)13-6-7-4-3-5-19-7/h7H,2-6H2,1H3,(H,13,16)(H,14,15)(H2,12,17,18). The first kappa shape index (κ1) is 14.9. The molecule has 0 aromatic carbocycles. The van der Waals surface area contributed by atoms with Crippen LogP contribution in [0.4, 0.5) is 0 Å². The molecule has 1 atom stereocenters. The lowest BCUT2D eigenvalue weighted by Crippen LogP contribution is -2.33. The first-order chi connectivity index (χ1) is 9.43. The highest BCUT2D eigenvalue weighted by atomic mass is 32.2. The van der Waals surface area contributed by atoms with Crippen molar-refractivity contribution in [3.63, 3.8) is 0 Å². The number of primary sulfonamides is 1. The molecule has 4 N–H and O–H groups in total. The molecule has 1 aromatic heterocycles. The third kappa shape index (κ3) is 3.17. The highest BCUT2D eigenvalue weighted by Crippen LogP contribution is 2.17. The van der Waals surface area contributed by atoms with E-state index >= 15 is 0 Å². The summed E-state index contributed by atoms with van der Waals surface area (Å²) >= 11 is 0. The molecular formula is C11H18N4O4S. The molecule has 9 heteroatoms. The van der Waals surface area contributed by atoms with Crippen molar-refractivity contribution in [2.75, 3.05) is 13.2 Å². The maximum absolute atomic E-state index is 12.0. The van der Waals surface area contributed by atoms with Crippen LogP contribution in [0.3, 0.4) is 0 Å². The Hall–Kier alpha value is -1.45. The van der Waals surface area contributed by atoms with Crippen molar-refractivity contribution < 1.29 is 17.9 Å². The van der Waals surface area contributed by atoms with Crippen molar-refractivity contribution in [1.82, 2.24) is 15.5 Å². The van der Waals surface area contributed by atoms with Gasteiger partial charge in [-0.2, -0.15) is 5.10 Å². The van der Waals surface area contributed by atoms with Crippen LogP contribution in [-0.4, -0.2) is 43.8 Å². The van der Waals surface area contributed by atoms with Gasteiger partial charge in [-0.05, 0) is 19.3 Å². The summed E-state index contributed by atoms with van der Waals surface area (Å²) in [5.41, 5.74) is 0.136. The average Bonchev–Trinajstić information content (AvgIpc) is 3.03. The van der Waals surface area contributed by atoms with Crippen LogP contribution in [-0.2, 0) is 21.2 Å². The molecule has 1 amide bonds. The smallest absolute Gasteiger partial charge is 0.273 e. The van der Waals surface area contributed by atoms with Gasteiger partial charge in [-0.1, -0.05) is 6.92 Å². The minimum atomic E-state index is -4.00. The summed E-state index contributed by atoms with van der Waals surface area (Å²) in [6.45, 7) is 2.76. The van der Waals surface area contributed by atoms with Crippen LogP contribution in [0.5, 0.6) is 0 Å². The first-order valence-corrected chi connectivity index (χ1v) is 7.98. The topological polar surface area (TPSA) is 127 Å². The molecule has 0 spiro atoms. The number of nitrogens with two attached hydrogens (primary N) is 1. The zero-order chi connectivity index (χ0) is 14.8. The van der Waals surface area contributed by atoms with Crippen molar-refractivity contribution in [2.45, 2.75) is 37.2 Å². The normalized spacial score (nSPS) is 19.2. The molecule has 0 bridgehead atoms. The molecule has 2 rings (SSSR count). The molecule has 8 nitrogen and oxygen atoms in total. The Kier molecular flexibility index (Phi) is 4.41. The van der Waals surface area contributed by atoms with E-state index in [4.69, 9.17) is 9.88 Å². The second-order valence-electron chi connectivity index (χ2n) is 4.62. The van der Waals surface area contributed by atoms with E-state index in [1.54, 1.807) is 6.92 Å². The molecule has 1 aliphatic rings. The summed E-state index contributed by atoms with van der Waals surface area (Å²) in [7, 11) is -4.00. The van der Waals surface area contributed by atoms with Crippen molar-refractivity contribution in [3.8, 4) is 0 Å². The molecule has 1 aliphatic heterocycles. The van der Waals surface area contributed by atoms with E-state index in [9.17, 15) is 13.2 Å². The van der Waals surface area contributed by atoms with E-state index in [0.29, 0.717) is 25.3 Å². The lowest BCUT2D eigenvalue weighted by Gasteiger charge is -2.10. The second-order valence-corrected chi connectivity index (χ2v) is 6.12. The number of H-pyrrole nitrogens is 1. The van der Waals surface area contributed by atoms with Gasteiger partial charge in [0.15, 0.2) is 5.69 Å². The summed E-state index contributed by atoms with van der Waals surface area (Å²) in [4.78, 5) is 11.8. The molecule has 1 saturated heterocycles. The van der Waals surface area contributed by atoms with E-state index in [2.05, 4.69) is 15.5 Å². The summed E-state index contributed by atoms with van der Waals surface area (Å²) < 4.78 is 28.5. The molecule has 1 unspecified atom stereocenters. The Morgan fingerprint density at radius 2 is 2.35 bits per heavy atom. The van der Waals surface area contributed by atoms with E-state index in [0.717, 1.165) is 12.8 Å². The fourth-order valence-electron chi connectivity index (χ4n) is 2.16. The van der Waals surface area contributed by atoms with Crippen molar-refractivity contribution >= 4 is 15.9 Å². The molecule has 2 heterocycles. The highest BCUT2D eigenvalue weighted by Gasteiger charge is 2.27. The fourth-order valence-corrected chi connectivity index (χ4v) is 3.10. The number of amides is 1. The Morgan fingerprint density at radius 3 is 2.90 bits per heavy atom. The second kappa shape index (κ2) is 5.90. The SMILES string of the molecule is CCc1[nH]nc(C(=O)NCC2CCCO2)c1S(N)(=O)=O. The number of aromatic nitrogens is 2. The minimum absolute atomic E-state index is 0.0264. The molecule has 0 aliphatic carbocycles. The van der Waals surface area contributed by atoms with Gasteiger partial charge < -0.3 is 10.1 Å². The average molecular weight is 302 g/mol.